The van der Waals surface area contributed by atoms with Gasteiger partial charge in [-0.2, -0.15) is 0 Å². The molecule has 0 radical (unpaired) electrons. The number of hydrogen-bond acceptors (Lipinski definition) is 18. The lowest BCUT2D eigenvalue weighted by atomic mass is 9.81. The highest BCUT2D eigenvalue weighted by atomic mass is 16.6. The number of benzene rings is 1. The van der Waals surface area contributed by atoms with E-state index in [1.165, 1.54) is 38.1 Å². The van der Waals surface area contributed by atoms with Gasteiger partial charge in [0.05, 0.1) is 49.5 Å². The summed E-state index contributed by atoms with van der Waals surface area (Å²) >= 11 is 0. The fourth-order valence-corrected chi connectivity index (χ4v) is 10.4. The quantitative estimate of drug-likeness (QED) is 0.0380. The van der Waals surface area contributed by atoms with Crippen LogP contribution < -0.4 is 70.0 Å². The largest absolute Gasteiger partial charge is 0.444 e. The summed E-state index contributed by atoms with van der Waals surface area (Å²) in [6.07, 6.45) is -6.94. The maximum absolute atomic E-state index is 15.7. The van der Waals surface area contributed by atoms with Crippen molar-refractivity contribution in [2.75, 3.05) is 19.7 Å². The Kier molecular flexibility index (Phi) is 34.0. The molecule has 1 aromatic carbocycles. The van der Waals surface area contributed by atoms with Crippen LogP contribution in [0.3, 0.4) is 0 Å². The Morgan fingerprint density at radius 2 is 1.10 bits per heavy atom. The molecular weight excluding hydrogens is 1260 g/mol. The van der Waals surface area contributed by atoms with Crippen LogP contribution in [-0.4, -0.2) is 195 Å². The van der Waals surface area contributed by atoms with Crippen molar-refractivity contribution in [2.45, 2.75) is 247 Å². The molecule has 1 aliphatic rings. The summed E-state index contributed by atoms with van der Waals surface area (Å²) in [5, 5.41) is 72.3. The van der Waals surface area contributed by atoms with Crippen LogP contribution in [0.4, 0.5) is 4.79 Å². The van der Waals surface area contributed by atoms with E-state index in [4.69, 9.17) is 16.2 Å². The Labute approximate surface area is 569 Å². The molecule has 1 heterocycles. The number of aliphatic imine (C=N–C) groups is 1. The van der Waals surface area contributed by atoms with Gasteiger partial charge in [0.2, 0.25) is 59.1 Å². The molecule has 1 aliphatic heterocycles. The monoisotopic (exact) mass is 1370 g/mol. The van der Waals surface area contributed by atoms with Crippen molar-refractivity contribution in [2.24, 2.45) is 51.0 Å². The number of aliphatic hydroxyl groups excluding tert-OH is 4. The second-order valence-corrected chi connectivity index (χ2v) is 29.2. The zero-order chi connectivity index (χ0) is 74.2. The number of carbonyl (C=O) groups excluding carboxylic acids is 12. The standard InChI is InChI=1S/C66H112N14O17/c1-18-35(6)47-59(93)78-48(36(7)82)58(92)70-31-46(85)76-49(37(8)83)60(94)74-44(32-81)57(91)79-50(38-23-20-19-21-24-38)39(28-45(84)42(29-64(9,10)11)73-56(90)43(30-65(12,13)14)75-63(96)97-66(15,16)17)53(87)80-51(52(86)34(4)5)61(95)72-41(27-33(2)3)55(89)71-40(54(88)77-47)25-22-26-69-62(67)68/h19-21,23-24,33-37,39-44,47-52,81-83,86H,18,22,25-32H2,1-17H3,(H,70,92)(H,71,89)(H,72,95)(H,73,90)(H,74,94)(H,75,96)(H,76,85)(H,77,88)(H,78,93)(H,79,91)(H,80,87)(H4,67,68,69)/t35-,36-,37-,39-,40+,41-,42-,43+,44-,47-,48-,49?,50+,51-,52+/m0/s1. The zero-order valence-corrected chi connectivity index (χ0v) is 59.5. The summed E-state index contributed by atoms with van der Waals surface area (Å²) in [6, 6.07) is -8.93. The van der Waals surface area contributed by atoms with Gasteiger partial charge in [0, 0.05) is 13.0 Å². The summed E-state index contributed by atoms with van der Waals surface area (Å²) in [7, 11) is 0. The van der Waals surface area contributed by atoms with Crippen LogP contribution >= 0.6 is 0 Å². The van der Waals surface area contributed by atoms with Gasteiger partial charge in [-0.25, -0.2) is 4.79 Å². The SMILES string of the molecule is CC[C@H](C)[C@@H]1NC(=O)[C@@H](CCCN=C(N)N)NC(=O)[C@H](CC(C)C)NC(=O)[C@H]([C@H](O)C(C)C)NC(=O)[C@@H](CC(=O)[C@H](CC(C)(C)C)NC(=O)[C@@H](CC(C)(C)C)NC(=O)OC(C)(C)C)[C@@H](c2ccccc2)NC(=O)[C@H](CO)NC(=O)C([C@H](C)O)NC(=O)CNC(=O)[C@H]([C@H](C)O)NC1=O. The first-order valence-corrected chi connectivity index (χ1v) is 33.1. The number of hydrogen-bond donors (Lipinski definition) is 17. The van der Waals surface area contributed by atoms with Crippen molar-refractivity contribution in [1.82, 2.24) is 58.5 Å². The van der Waals surface area contributed by atoms with Gasteiger partial charge in [0.15, 0.2) is 11.7 Å². The van der Waals surface area contributed by atoms with Gasteiger partial charge in [0.25, 0.3) is 0 Å². The van der Waals surface area contributed by atoms with Gasteiger partial charge in [-0.15, -0.1) is 0 Å². The van der Waals surface area contributed by atoms with E-state index in [9.17, 15) is 63.6 Å². The number of aliphatic hydroxyl groups is 4. The van der Waals surface area contributed by atoms with E-state index >= 15 is 14.4 Å². The third-order valence-corrected chi connectivity index (χ3v) is 15.7. The molecule has 0 spiro atoms. The predicted octanol–water partition coefficient (Wildman–Crippen LogP) is -0.890. The molecule has 97 heavy (non-hydrogen) atoms. The Balaban J connectivity index is 3.17. The number of nitrogens with one attached hydrogen (secondary N) is 11. The van der Waals surface area contributed by atoms with E-state index in [1.54, 1.807) is 75.3 Å². The van der Waals surface area contributed by atoms with E-state index in [0.717, 1.165) is 13.8 Å². The number of rotatable bonds is 22. The lowest BCUT2D eigenvalue weighted by Gasteiger charge is -2.34. The number of nitrogens with two attached hydrogens (primary N) is 2. The molecule has 1 saturated heterocycles. The first-order valence-electron chi connectivity index (χ1n) is 33.1. The molecule has 0 saturated carbocycles. The number of ether oxygens (including phenoxy) is 1. The minimum atomic E-state index is -1.98. The van der Waals surface area contributed by atoms with Crippen LogP contribution in [0.5, 0.6) is 0 Å². The van der Waals surface area contributed by atoms with Gasteiger partial charge in [-0.05, 0) is 101 Å². The maximum atomic E-state index is 15.7. The molecule has 0 aromatic heterocycles. The molecule has 548 valence electrons. The highest BCUT2D eigenvalue weighted by Gasteiger charge is 2.43. The van der Waals surface area contributed by atoms with Gasteiger partial charge in [-0.3, -0.25) is 57.7 Å². The fraction of sp³-hybridized carbons (Fsp3) is 0.712. The van der Waals surface area contributed by atoms with E-state index < -0.39 is 203 Å². The second kappa shape index (κ2) is 38.8. The molecule has 31 heteroatoms. The normalized spacial score (nSPS) is 24.2. The molecule has 15 atom stereocenters. The van der Waals surface area contributed by atoms with Gasteiger partial charge in [-0.1, -0.05) is 120 Å². The van der Waals surface area contributed by atoms with Crippen molar-refractivity contribution in [3.63, 3.8) is 0 Å². The van der Waals surface area contributed by atoms with Gasteiger partial charge in [0.1, 0.15) is 53.9 Å². The molecule has 1 unspecified atom stereocenters. The van der Waals surface area contributed by atoms with Gasteiger partial charge < -0.3 is 95.1 Å². The van der Waals surface area contributed by atoms with Crippen LogP contribution in [0, 0.1) is 34.5 Å². The summed E-state index contributed by atoms with van der Waals surface area (Å²) in [4.78, 5) is 178. The van der Waals surface area contributed by atoms with Crippen molar-refractivity contribution in [3.8, 4) is 0 Å². The summed E-state index contributed by atoms with van der Waals surface area (Å²) in [5.74, 6) is -15.5. The number of carbonyl (C=O) groups is 12. The van der Waals surface area contributed by atoms with Crippen LogP contribution in [0.2, 0.25) is 0 Å². The minimum Gasteiger partial charge on any atom is -0.444 e. The highest BCUT2D eigenvalue weighted by molar-refractivity contribution is 6.00. The predicted molar refractivity (Wildman–Crippen MR) is 360 cm³/mol. The maximum Gasteiger partial charge on any atom is 0.408 e. The topological polar surface area (TPSA) is 492 Å². The second-order valence-electron chi connectivity index (χ2n) is 29.2. The Morgan fingerprint density at radius 1 is 0.608 bits per heavy atom. The van der Waals surface area contributed by atoms with Crippen molar-refractivity contribution >= 4 is 76.9 Å². The fourth-order valence-electron chi connectivity index (χ4n) is 10.4. The Morgan fingerprint density at radius 3 is 1.62 bits per heavy atom. The molecule has 0 bridgehead atoms. The van der Waals surface area contributed by atoms with E-state index in [1.807, 2.05) is 20.8 Å². The van der Waals surface area contributed by atoms with Crippen molar-refractivity contribution < 1.29 is 82.7 Å². The molecule has 1 aromatic rings. The molecular formula is C66H112N14O17. The molecule has 19 N–H and O–H groups in total. The van der Waals surface area contributed by atoms with Gasteiger partial charge >= 0.3 is 6.09 Å². The third-order valence-electron chi connectivity index (χ3n) is 15.7. The van der Waals surface area contributed by atoms with E-state index in [2.05, 4.69) is 63.5 Å². The summed E-state index contributed by atoms with van der Waals surface area (Å²) in [6.45, 7) is 25.6. The third kappa shape index (κ3) is 30.1. The molecule has 2 rings (SSSR count). The lowest BCUT2D eigenvalue weighted by Crippen LogP contribution is -2.63. The Hall–Kier alpha value is -8.03. The van der Waals surface area contributed by atoms with Crippen molar-refractivity contribution in [3.05, 3.63) is 35.9 Å². The van der Waals surface area contributed by atoms with Crippen LogP contribution in [0.1, 0.15) is 174 Å². The average Bonchev–Trinajstić information content (AvgIpc) is 0.815. The molecule has 11 amide bonds. The number of alkyl carbamates (subject to hydrolysis) is 1. The lowest BCUT2D eigenvalue weighted by molar-refractivity contribution is -0.140. The number of Topliss-reactive ketones (excluding diaryl/α,β-unsaturated/α-hetero) is 1. The molecule has 0 aliphatic carbocycles. The number of ketones is 1. The number of amides is 11. The first-order chi connectivity index (χ1) is 44.8. The van der Waals surface area contributed by atoms with Crippen molar-refractivity contribution in [1.29, 1.82) is 0 Å². The average molecular weight is 1370 g/mol. The molecule has 1 fully saturated rings. The molecule has 31 nitrogen and oxygen atoms in total. The van der Waals surface area contributed by atoms with E-state index in [-0.39, 0.29) is 62.5 Å². The van der Waals surface area contributed by atoms with Crippen LogP contribution in [0.25, 0.3) is 0 Å². The van der Waals surface area contributed by atoms with Crippen LogP contribution in [0.15, 0.2) is 35.3 Å². The summed E-state index contributed by atoms with van der Waals surface area (Å²) in [5.41, 5.74) is 8.98. The summed E-state index contributed by atoms with van der Waals surface area (Å²) < 4.78 is 5.49. The highest BCUT2D eigenvalue weighted by Crippen LogP contribution is 2.30. The van der Waals surface area contributed by atoms with E-state index in [0.29, 0.717) is 0 Å². The number of guanidine groups is 1. The smallest absolute Gasteiger partial charge is 0.408 e. The Bertz CT molecular complexity index is 2870. The zero-order valence-electron chi connectivity index (χ0n) is 59.5. The minimum absolute atomic E-state index is 0.0332. The van der Waals surface area contributed by atoms with Crippen LogP contribution in [-0.2, 0) is 57.5 Å². The first kappa shape index (κ1) is 85.1. The number of nitrogens with zero attached hydrogens (tertiary/aromatic N) is 1.